The number of amides is 4. The number of ketones is 1. The number of likely N-dealkylation sites (N-methyl/N-ethyl adjacent to an activating group) is 1. The maximum Gasteiger partial charge on any atom is 0.243 e. The molecule has 4 amide bonds. The number of Topliss-reactive ketones (excluding diaryl/α,β-unsaturated/α-hetero) is 1. The number of carbonyl (C=O) groups is 5. The zero-order chi connectivity index (χ0) is 41.4. The molecule has 3 unspecified atom stereocenters. The molecule has 12 nitrogen and oxygen atoms in total. The number of nitrogens with one attached hydrogen (secondary N) is 4. The van der Waals surface area contributed by atoms with Crippen LogP contribution in [0.3, 0.4) is 0 Å². The molecule has 2 aliphatic rings. The van der Waals surface area contributed by atoms with Gasteiger partial charge in [0, 0.05) is 39.0 Å². The summed E-state index contributed by atoms with van der Waals surface area (Å²) >= 11 is 0. The number of nitrogens with zero attached hydrogens (tertiary/aromatic N) is 2. The van der Waals surface area contributed by atoms with Crippen molar-refractivity contribution in [3.05, 3.63) is 71.8 Å². The van der Waals surface area contributed by atoms with E-state index in [-0.39, 0.29) is 29.9 Å². The lowest BCUT2D eigenvalue weighted by atomic mass is 9.93. The minimum atomic E-state index is -1.02. The van der Waals surface area contributed by atoms with Crippen molar-refractivity contribution in [1.82, 2.24) is 31.1 Å². The van der Waals surface area contributed by atoms with Gasteiger partial charge < -0.3 is 35.8 Å². The molecule has 4 rings (SSSR count). The third-order valence-electron chi connectivity index (χ3n) is 10.9. The van der Waals surface area contributed by atoms with E-state index in [0.29, 0.717) is 38.7 Å². The molecule has 2 aliphatic heterocycles. The monoisotopic (exact) mass is 789 g/mol. The van der Waals surface area contributed by atoms with Gasteiger partial charge in [-0.05, 0) is 82.0 Å². The van der Waals surface area contributed by atoms with Gasteiger partial charge in [0.15, 0.2) is 5.78 Å². The van der Waals surface area contributed by atoms with E-state index < -0.39 is 47.5 Å². The lowest BCUT2D eigenvalue weighted by Crippen LogP contribution is -2.59. The molecule has 57 heavy (non-hydrogen) atoms. The van der Waals surface area contributed by atoms with Crippen molar-refractivity contribution in [2.24, 2.45) is 11.8 Å². The number of unbranched alkanes of at least 4 members (excludes halogenated alkanes) is 2. The molecule has 4 N–H and O–H groups in total. The summed E-state index contributed by atoms with van der Waals surface area (Å²) in [4.78, 5) is 73.7. The lowest BCUT2D eigenvalue weighted by molar-refractivity contribution is -0.135. The van der Waals surface area contributed by atoms with E-state index in [9.17, 15) is 24.0 Å². The third-order valence-corrected chi connectivity index (χ3v) is 10.9. The molecule has 12 heteroatoms. The summed E-state index contributed by atoms with van der Waals surface area (Å²) in [5, 5.41) is 11.8. The van der Waals surface area contributed by atoms with E-state index in [1.54, 1.807) is 6.92 Å². The molecule has 0 aromatic heterocycles. The quantitative estimate of drug-likeness (QED) is 0.0919. The molecule has 0 radical (unpaired) electrons. The third kappa shape index (κ3) is 16.0. The van der Waals surface area contributed by atoms with Gasteiger partial charge in [-0.2, -0.15) is 0 Å². The highest BCUT2D eigenvalue weighted by molar-refractivity contribution is 5.98. The van der Waals surface area contributed by atoms with E-state index in [0.717, 1.165) is 63.1 Å². The first-order valence-corrected chi connectivity index (χ1v) is 21.1. The van der Waals surface area contributed by atoms with Crippen LogP contribution in [0.4, 0.5) is 0 Å². The van der Waals surface area contributed by atoms with Crippen LogP contribution in [0.15, 0.2) is 60.7 Å². The predicted molar refractivity (Wildman–Crippen MR) is 223 cm³/mol. The maximum absolute atomic E-state index is 14.2. The average Bonchev–Trinajstić information content (AvgIpc) is 3.94. The maximum atomic E-state index is 14.2. The Morgan fingerprint density at radius 3 is 1.79 bits per heavy atom. The first-order valence-electron chi connectivity index (χ1n) is 21.1. The summed E-state index contributed by atoms with van der Waals surface area (Å²) in [6.45, 7) is 15.2. The number of ether oxygens (including phenoxy) is 1. The van der Waals surface area contributed by atoms with E-state index in [2.05, 4.69) is 38.1 Å². The molecule has 2 aromatic carbocycles. The number of carbonyl (C=O) groups excluding carboxylic acids is 5. The lowest BCUT2D eigenvalue weighted by Gasteiger charge is -2.32. The number of hydrogen-bond donors (Lipinski definition) is 4. The molecule has 0 saturated carbocycles. The Kier molecular flexibility index (Phi) is 18.2. The van der Waals surface area contributed by atoms with Gasteiger partial charge in [-0.1, -0.05) is 94.8 Å². The standard InChI is InChI=1S/C45H68N6O6/c1-32(2)28-37(41(53)45(5)31-57-45)47-44(56)39(30-35-18-12-8-13-19-35)49-43(55)38(29-33(3)4)48-42(54)36(22-21-34-16-10-7-11-17-34)46-40(52)20-14-9-15-23-51-26-24-50(6)25-27-51/h7-8,10-13,16-19,32-33,36-39H,9,14-15,20-31H2,1-6H3,(H,46,52)(H,47,56)(H,48,54)(H,49,55)/t36-,37?,38?,39-,45?/m0/s1. The first kappa shape index (κ1) is 45.6. The van der Waals surface area contributed by atoms with Gasteiger partial charge in [0.05, 0.1) is 12.6 Å². The van der Waals surface area contributed by atoms with Crippen LogP contribution >= 0.6 is 0 Å². The topological polar surface area (TPSA) is 152 Å². The van der Waals surface area contributed by atoms with Crippen LogP contribution in [0.2, 0.25) is 0 Å². The highest BCUT2D eigenvalue weighted by Gasteiger charge is 2.50. The minimum absolute atomic E-state index is 0.0259. The molecule has 2 aromatic rings. The Morgan fingerprint density at radius 1 is 0.667 bits per heavy atom. The number of epoxide rings is 1. The summed E-state index contributed by atoms with van der Waals surface area (Å²) < 4.78 is 5.43. The van der Waals surface area contributed by atoms with Gasteiger partial charge in [-0.3, -0.25) is 24.0 Å². The second-order valence-corrected chi connectivity index (χ2v) is 17.1. The van der Waals surface area contributed by atoms with Crippen LogP contribution in [0, 0.1) is 11.8 Å². The molecule has 2 saturated heterocycles. The normalized spacial score (nSPS) is 19.3. The van der Waals surface area contributed by atoms with E-state index in [1.807, 2.05) is 88.4 Å². The van der Waals surface area contributed by atoms with Crippen LogP contribution in [0.1, 0.15) is 90.7 Å². The molecule has 0 spiro atoms. The Balaban J connectivity index is 1.44. The molecule has 0 bridgehead atoms. The predicted octanol–water partition coefficient (Wildman–Crippen LogP) is 4.06. The Morgan fingerprint density at radius 2 is 1.19 bits per heavy atom. The molecule has 314 valence electrons. The van der Waals surface area contributed by atoms with Crippen LogP contribution in [0.5, 0.6) is 0 Å². The summed E-state index contributed by atoms with van der Waals surface area (Å²) in [5.41, 5.74) is 0.945. The molecular formula is C45H68N6O6. The highest BCUT2D eigenvalue weighted by Crippen LogP contribution is 2.29. The van der Waals surface area contributed by atoms with Crippen LogP contribution < -0.4 is 21.3 Å². The Labute approximate surface area is 340 Å². The number of hydrogen-bond acceptors (Lipinski definition) is 8. The van der Waals surface area contributed by atoms with Crippen molar-refractivity contribution in [2.75, 3.05) is 46.4 Å². The first-order chi connectivity index (χ1) is 27.2. The fourth-order valence-electron chi connectivity index (χ4n) is 7.26. The largest absolute Gasteiger partial charge is 0.361 e. The highest BCUT2D eigenvalue weighted by atomic mass is 16.6. The van der Waals surface area contributed by atoms with Crippen molar-refractivity contribution < 1.29 is 28.7 Å². The molecule has 2 fully saturated rings. The summed E-state index contributed by atoms with van der Waals surface area (Å²) in [6, 6.07) is 15.5. The fourth-order valence-corrected chi connectivity index (χ4v) is 7.26. The smallest absolute Gasteiger partial charge is 0.243 e. The number of aryl methyl sites for hydroxylation is 1. The number of piperazine rings is 1. The summed E-state index contributed by atoms with van der Waals surface area (Å²) in [5.74, 6) is -1.67. The second-order valence-electron chi connectivity index (χ2n) is 17.1. The average molecular weight is 789 g/mol. The van der Waals surface area contributed by atoms with Gasteiger partial charge in [-0.15, -0.1) is 0 Å². The van der Waals surface area contributed by atoms with Crippen molar-refractivity contribution >= 4 is 29.4 Å². The van der Waals surface area contributed by atoms with Gasteiger partial charge in [0.2, 0.25) is 23.6 Å². The minimum Gasteiger partial charge on any atom is -0.361 e. The SMILES string of the molecule is CC(C)CC(NC(=O)[C@H](CCc1ccccc1)NC(=O)CCCCCN1CCN(C)CC1)C(=O)N[C@@H](Cc1ccccc1)C(=O)NC(CC(C)C)C(=O)C1(C)CO1. The van der Waals surface area contributed by atoms with Crippen LogP contribution in [0.25, 0.3) is 0 Å². The number of rotatable bonds is 24. The summed E-state index contributed by atoms with van der Waals surface area (Å²) in [6.07, 6.45) is 4.83. The van der Waals surface area contributed by atoms with Crippen LogP contribution in [-0.2, 0) is 41.6 Å². The van der Waals surface area contributed by atoms with Gasteiger partial charge in [0.25, 0.3) is 0 Å². The Bertz CT molecular complexity index is 1580. The fraction of sp³-hybridized carbons (Fsp3) is 0.622. The van der Waals surface area contributed by atoms with Crippen molar-refractivity contribution in [3.8, 4) is 0 Å². The molecule has 2 heterocycles. The molecule has 0 aliphatic carbocycles. The number of benzene rings is 2. The van der Waals surface area contributed by atoms with Crippen molar-refractivity contribution in [2.45, 2.75) is 122 Å². The van der Waals surface area contributed by atoms with Crippen molar-refractivity contribution in [1.29, 1.82) is 0 Å². The Hall–Kier alpha value is -4.13. The zero-order valence-corrected chi connectivity index (χ0v) is 35.2. The molecule has 5 atom stereocenters. The zero-order valence-electron chi connectivity index (χ0n) is 35.2. The van der Waals surface area contributed by atoms with E-state index in [4.69, 9.17) is 4.74 Å². The van der Waals surface area contributed by atoms with E-state index in [1.165, 1.54) is 0 Å². The van der Waals surface area contributed by atoms with Crippen LogP contribution in [-0.4, -0.2) is 115 Å². The second kappa shape index (κ2) is 22.7. The van der Waals surface area contributed by atoms with Gasteiger partial charge in [0.1, 0.15) is 23.7 Å². The van der Waals surface area contributed by atoms with E-state index >= 15 is 0 Å². The van der Waals surface area contributed by atoms with Gasteiger partial charge in [-0.25, -0.2) is 0 Å². The molecular weight excluding hydrogens is 721 g/mol. The van der Waals surface area contributed by atoms with Crippen molar-refractivity contribution in [3.63, 3.8) is 0 Å². The van der Waals surface area contributed by atoms with Gasteiger partial charge >= 0.3 is 0 Å². The summed E-state index contributed by atoms with van der Waals surface area (Å²) in [7, 11) is 2.15.